The first kappa shape index (κ1) is 24.9. The van der Waals surface area contributed by atoms with Gasteiger partial charge in [-0.15, -0.1) is 0 Å². The van der Waals surface area contributed by atoms with Crippen LogP contribution in [0.5, 0.6) is 0 Å². The van der Waals surface area contributed by atoms with Crippen molar-refractivity contribution in [1.29, 1.82) is 0 Å². The number of allylic oxidation sites excluding steroid dienone is 2. The minimum atomic E-state index is -0.356. The Bertz CT molecular complexity index is 481. The Morgan fingerprint density at radius 1 is 0.633 bits per heavy atom. The molecule has 3 aliphatic carbocycles. The molecule has 0 radical (unpaired) electrons. The summed E-state index contributed by atoms with van der Waals surface area (Å²) in [6.45, 7) is 5.37. The lowest BCUT2D eigenvalue weighted by molar-refractivity contribution is -0.167. The average molecular weight is 421 g/mol. The fraction of sp³-hybridized carbons (Fsp3) is 0.846. The lowest BCUT2D eigenvalue weighted by Crippen LogP contribution is -2.46. The zero-order valence-corrected chi connectivity index (χ0v) is 19.4. The van der Waals surface area contributed by atoms with Crippen molar-refractivity contribution in [3.8, 4) is 0 Å². The number of unbranched alkanes of at least 4 members (excludes halogenated alkanes) is 10. The molecule has 4 unspecified atom stereocenters. The number of hydrogen-bond donors (Lipinski definition) is 0. The first-order chi connectivity index (χ1) is 14.7. The van der Waals surface area contributed by atoms with Gasteiger partial charge in [0.1, 0.15) is 0 Å². The fourth-order valence-electron chi connectivity index (χ4n) is 4.94. The highest BCUT2D eigenvalue weighted by Gasteiger charge is 2.49. The summed E-state index contributed by atoms with van der Waals surface area (Å²) >= 11 is 0. The second-order valence-corrected chi connectivity index (χ2v) is 9.21. The van der Waals surface area contributed by atoms with E-state index < -0.39 is 0 Å². The second kappa shape index (κ2) is 14.6. The Morgan fingerprint density at radius 2 is 1.00 bits per heavy atom. The summed E-state index contributed by atoms with van der Waals surface area (Å²) in [5, 5.41) is 0. The van der Waals surface area contributed by atoms with Crippen molar-refractivity contribution in [2.45, 2.75) is 104 Å². The van der Waals surface area contributed by atoms with Crippen molar-refractivity contribution in [1.82, 2.24) is 0 Å². The molecule has 0 spiro atoms. The molecule has 0 N–H and O–H groups in total. The maximum absolute atomic E-state index is 12.9. The van der Waals surface area contributed by atoms with Gasteiger partial charge in [0.05, 0.1) is 25.0 Å². The SMILES string of the molecule is CCCCCCCCOC(=O)C1C2C=CC(CC2)C1C(=O)OCCCCCCCC. The van der Waals surface area contributed by atoms with Crippen LogP contribution in [0.1, 0.15) is 104 Å². The highest BCUT2D eigenvalue weighted by atomic mass is 16.5. The van der Waals surface area contributed by atoms with E-state index in [0.717, 1.165) is 38.5 Å². The molecule has 3 aliphatic rings. The molecule has 1 saturated carbocycles. The van der Waals surface area contributed by atoms with E-state index in [2.05, 4.69) is 26.0 Å². The summed E-state index contributed by atoms with van der Waals surface area (Å²) < 4.78 is 11.2. The topological polar surface area (TPSA) is 52.6 Å². The number of esters is 2. The summed E-state index contributed by atoms with van der Waals surface area (Å²) in [6, 6.07) is 0. The van der Waals surface area contributed by atoms with Gasteiger partial charge < -0.3 is 9.47 Å². The minimum absolute atomic E-state index is 0.124. The van der Waals surface area contributed by atoms with Gasteiger partial charge in [-0.05, 0) is 37.5 Å². The molecule has 172 valence electrons. The summed E-state index contributed by atoms with van der Waals surface area (Å²) in [4.78, 5) is 25.7. The molecule has 30 heavy (non-hydrogen) atoms. The quantitative estimate of drug-likeness (QED) is 0.160. The van der Waals surface area contributed by atoms with E-state index in [4.69, 9.17) is 9.47 Å². The predicted octanol–water partition coefficient (Wildman–Crippen LogP) is 6.62. The third kappa shape index (κ3) is 8.07. The first-order valence-electron chi connectivity index (χ1n) is 12.7. The van der Waals surface area contributed by atoms with E-state index in [0.29, 0.717) is 13.2 Å². The van der Waals surface area contributed by atoms with Crippen LogP contribution in [0, 0.1) is 23.7 Å². The predicted molar refractivity (Wildman–Crippen MR) is 121 cm³/mol. The molecule has 2 bridgehead atoms. The highest BCUT2D eigenvalue weighted by molar-refractivity contribution is 5.83. The second-order valence-electron chi connectivity index (χ2n) is 9.21. The normalized spacial score (nSPS) is 24.7. The van der Waals surface area contributed by atoms with Crippen LogP contribution in [0.4, 0.5) is 0 Å². The molecule has 0 aromatic heterocycles. The van der Waals surface area contributed by atoms with Gasteiger partial charge >= 0.3 is 11.9 Å². The Balaban J connectivity index is 1.75. The number of rotatable bonds is 16. The van der Waals surface area contributed by atoms with Gasteiger partial charge in [-0.1, -0.05) is 90.2 Å². The lowest BCUT2D eigenvalue weighted by atomic mass is 9.62. The van der Waals surface area contributed by atoms with Crippen molar-refractivity contribution < 1.29 is 19.1 Å². The number of hydrogen-bond acceptors (Lipinski definition) is 4. The van der Waals surface area contributed by atoms with E-state index in [9.17, 15) is 9.59 Å². The monoisotopic (exact) mass is 420 g/mol. The van der Waals surface area contributed by atoms with Crippen molar-refractivity contribution in [3.63, 3.8) is 0 Å². The highest BCUT2D eigenvalue weighted by Crippen LogP contribution is 2.46. The summed E-state index contributed by atoms with van der Waals surface area (Å²) in [5.74, 6) is -0.845. The molecule has 0 amide bonds. The zero-order valence-electron chi connectivity index (χ0n) is 19.4. The fourth-order valence-corrected chi connectivity index (χ4v) is 4.94. The molecule has 0 aromatic carbocycles. The number of carbonyl (C=O) groups is 2. The number of carbonyl (C=O) groups excluding carboxylic acids is 2. The zero-order chi connectivity index (χ0) is 21.6. The minimum Gasteiger partial charge on any atom is -0.465 e. The lowest BCUT2D eigenvalue weighted by Gasteiger charge is -2.42. The van der Waals surface area contributed by atoms with Crippen molar-refractivity contribution in [3.05, 3.63) is 12.2 Å². The van der Waals surface area contributed by atoms with Crippen LogP contribution in [0.15, 0.2) is 12.2 Å². The van der Waals surface area contributed by atoms with Gasteiger partial charge in [0.25, 0.3) is 0 Å². The van der Waals surface area contributed by atoms with Gasteiger partial charge in [-0.2, -0.15) is 0 Å². The van der Waals surface area contributed by atoms with Gasteiger partial charge in [0.2, 0.25) is 0 Å². The first-order valence-corrected chi connectivity index (χ1v) is 12.7. The van der Waals surface area contributed by atoms with Crippen LogP contribution in [0.25, 0.3) is 0 Å². The summed E-state index contributed by atoms with van der Waals surface area (Å²) in [5.41, 5.74) is 0. The molecule has 4 nitrogen and oxygen atoms in total. The van der Waals surface area contributed by atoms with Gasteiger partial charge in [0, 0.05) is 0 Å². The van der Waals surface area contributed by atoms with Crippen molar-refractivity contribution in [2.75, 3.05) is 13.2 Å². The Hall–Kier alpha value is -1.32. The van der Waals surface area contributed by atoms with Gasteiger partial charge in [-0.3, -0.25) is 9.59 Å². The van der Waals surface area contributed by atoms with Crippen LogP contribution in [0.2, 0.25) is 0 Å². The van der Waals surface area contributed by atoms with Crippen LogP contribution < -0.4 is 0 Å². The molecule has 0 saturated heterocycles. The van der Waals surface area contributed by atoms with Crippen LogP contribution in [-0.4, -0.2) is 25.2 Å². The van der Waals surface area contributed by atoms with Crippen LogP contribution >= 0.6 is 0 Å². The third-order valence-electron chi connectivity index (χ3n) is 6.78. The molecule has 1 fully saturated rings. The Morgan fingerprint density at radius 3 is 1.37 bits per heavy atom. The van der Waals surface area contributed by atoms with Gasteiger partial charge in [-0.25, -0.2) is 0 Å². The van der Waals surface area contributed by atoms with Crippen molar-refractivity contribution in [2.24, 2.45) is 23.7 Å². The number of ether oxygens (including phenoxy) is 2. The third-order valence-corrected chi connectivity index (χ3v) is 6.78. The molecule has 4 atom stereocenters. The average Bonchev–Trinajstić information content (AvgIpc) is 2.77. The standard InChI is InChI=1S/C26H44O4/c1-3-5-7-9-11-13-19-29-25(27)23-21-15-17-22(18-16-21)24(23)26(28)30-20-14-12-10-8-6-4-2/h15,17,21-24H,3-14,16,18-20H2,1-2H3. The van der Waals surface area contributed by atoms with E-state index >= 15 is 0 Å². The largest absolute Gasteiger partial charge is 0.465 e. The smallest absolute Gasteiger partial charge is 0.310 e. The molecular formula is C26H44O4. The molecule has 0 aliphatic heterocycles. The molecule has 0 heterocycles. The van der Waals surface area contributed by atoms with Crippen LogP contribution in [0.3, 0.4) is 0 Å². The van der Waals surface area contributed by atoms with Crippen molar-refractivity contribution >= 4 is 11.9 Å². The summed E-state index contributed by atoms with van der Waals surface area (Å²) in [7, 11) is 0. The summed E-state index contributed by atoms with van der Waals surface area (Å²) in [6.07, 6.45) is 20.2. The van der Waals surface area contributed by atoms with E-state index in [-0.39, 0.29) is 35.6 Å². The van der Waals surface area contributed by atoms with E-state index in [1.807, 2.05) is 0 Å². The molecular weight excluding hydrogens is 376 g/mol. The van der Waals surface area contributed by atoms with Crippen LogP contribution in [-0.2, 0) is 19.1 Å². The van der Waals surface area contributed by atoms with E-state index in [1.165, 1.54) is 51.4 Å². The molecule has 3 rings (SSSR count). The maximum atomic E-state index is 12.9. The van der Waals surface area contributed by atoms with E-state index in [1.54, 1.807) is 0 Å². The Labute approximate surface area is 184 Å². The molecule has 4 heteroatoms. The molecule has 0 aromatic rings. The maximum Gasteiger partial charge on any atom is 0.310 e. The Kier molecular flexibility index (Phi) is 12.2. The number of fused-ring (bicyclic) bond motifs is 2. The van der Waals surface area contributed by atoms with Gasteiger partial charge in [0.15, 0.2) is 0 Å².